The Hall–Kier alpha value is -6.16. The number of carbonyl (C=O) groups is 4. The molecule has 0 saturated carbocycles. The summed E-state index contributed by atoms with van der Waals surface area (Å²) in [5.41, 5.74) is 2.78. The van der Waals surface area contributed by atoms with Crippen LogP contribution in [0.15, 0.2) is 121 Å². The second-order valence-electron chi connectivity index (χ2n) is 9.32. The predicted octanol–water partition coefficient (Wildman–Crippen LogP) is 4.64. The van der Waals surface area contributed by atoms with Gasteiger partial charge in [0.1, 0.15) is 11.5 Å². The Morgan fingerprint density at radius 2 is 0.744 bits per heavy atom. The lowest BCUT2D eigenvalue weighted by Crippen LogP contribution is -2.31. The van der Waals surface area contributed by atoms with Crippen LogP contribution in [-0.2, 0) is 24.6 Å². The molecule has 0 saturated heterocycles. The Morgan fingerprint density at radius 3 is 1.02 bits per heavy atom. The zero-order valence-corrected chi connectivity index (χ0v) is 22.5. The van der Waals surface area contributed by atoms with Crippen LogP contribution in [0.5, 0.6) is 11.5 Å². The molecule has 216 valence electrons. The number of hydrogen-bond acceptors (Lipinski definition) is 6. The van der Waals surface area contributed by atoms with Crippen LogP contribution in [0.3, 0.4) is 0 Å². The first-order valence-corrected chi connectivity index (χ1v) is 12.8. The summed E-state index contributed by atoms with van der Waals surface area (Å²) in [6.07, 6.45) is 3.29. The van der Waals surface area contributed by atoms with E-state index in [0.717, 1.165) is 46.6 Å². The fourth-order valence-electron chi connectivity index (χ4n) is 4.69. The third-order valence-corrected chi connectivity index (χ3v) is 6.53. The number of carboxylic acid groups (broad SMARTS) is 2. The molecule has 4 rings (SSSR count). The van der Waals surface area contributed by atoms with Gasteiger partial charge in [-0.3, -0.25) is 9.59 Å². The number of carboxylic acids is 2. The number of aromatic hydroxyl groups is 2. The quantitative estimate of drug-likeness (QED) is 0.117. The van der Waals surface area contributed by atoms with Gasteiger partial charge in [-0.15, -0.1) is 0 Å². The van der Waals surface area contributed by atoms with E-state index in [1.807, 2.05) is 0 Å². The molecule has 43 heavy (non-hydrogen) atoms. The van der Waals surface area contributed by atoms with Crippen LogP contribution in [0.2, 0.25) is 0 Å². The molecule has 4 aromatic carbocycles. The Bertz CT molecular complexity index is 1560. The van der Waals surface area contributed by atoms with Crippen LogP contribution in [0, 0.1) is 0 Å². The Labute approximate surface area is 245 Å². The highest BCUT2D eigenvalue weighted by Crippen LogP contribution is 2.46. The van der Waals surface area contributed by atoms with Gasteiger partial charge in [0, 0.05) is 35.7 Å². The molecular formula is C33H26N2O8. The van der Waals surface area contributed by atoms with Crippen LogP contribution in [-0.4, -0.2) is 44.2 Å². The highest BCUT2D eigenvalue weighted by molar-refractivity contribution is 6.03. The van der Waals surface area contributed by atoms with Gasteiger partial charge in [0.25, 0.3) is 0 Å². The second kappa shape index (κ2) is 13.0. The van der Waals surface area contributed by atoms with Crippen molar-refractivity contribution in [1.29, 1.82) is 0 Å². The maximum absolute atomic E-state index is 12.1. The molecule has 0 spiro atoms. The van der Waals surface area contributed by atoms with E-state index in [0.29, 0.717) is 11.4 Å². The van der Waals surface area contributed by atoms with E-state index in [2.05, 4.69) is 10.6 Å². The maximum Gasteiger partial charge on any atom is 0.328 e. The monoisotopic (exact) mass is 578 g/mol. The summed E-state index contributed by atoms with van der Waals surface area (Å²) in [6.45, 7) is 0. The molecule has 4 aromatic rings. The molecule has 0 radical (unpaired) electrons. The standard InChI is InChI=1S/C33H26N2O8/c36-27-13-5-23(6-14-27)33(24-7-15-28(37)16-8-24,21-1-9-25(10-2-21)34-29(38)17-19-31(40)41)22-3-11-26(12-4-22)35-30(39)18-20-32(42)43/h1-20,36-37H,(H,34,38)(H,35,39)(H,40,41)(H,42,43)/b19-17+,20-18+. The lowest BCUT2D eigenvalue weighted by molar-refractivity contribution is -0.132. The number of nitrogens with one attached hydrogen (secondary N) is 2. The van der Waals surface area contributed by atoms with Gasteiger partial charge in [0.15, 0.2) is 0 Å². The topological polar surface area (TPSA) is 173 Å². The minimum atomic E-state index is -1.25. The van der Waals surface area contributed by atoms with Crippen molar-refractivity contribution in [3.63, 3.8) is 0 Å². The minimum absolute atomic E-state index is 0.0586. The lowest BCUT2D eigenvalue weighted by Gasteiger charge is -2.37. The molecule has 0 fully saturated rings. The number of rotatable bonds is 10. The van der Waals surface area contributed by atoms with Gasteiger partial charge in [0.05, 0.1) is 5.41 Å². The molecular weight excluding hydrogens is 552 g/mol. The van der Waals surface area contributed by atoms with E-state index in [4.69, 9.17) is 10.2 Å². The first-order chi connectivity index (χ1) is 20.6. The van der Waals surface area contributed by atoms with Crippen LogP contribution in [0.25, 0.3) is 0 Å². The normalized spacial score (nSPS) is 11.3. The third-order valence-electron chi connectivity index (χ3n) is 6.53. The van der Waals surface area contributed by atoms with Crippen LogP contribution < -0.4 is 10.6 Å². The van der Waals surface area contributed by atoms with E-state index in [-0.39, 0.29) is 11.5 Å². The van der Waals surface area contributed by atoms with Crippen LogP contribution in [0.1, 0.15) is 22.3 Å². The van der Waals surface area contributed by atoms with Gasteiger partial charge < -0.3 is 31.1 Å². The zero-order chi connectivity index (χ0) is 31.0. The average molecular weight is 579 g/mol. The molecule has 0 unspecified atom stereocenters. The fourth-order valence-corrected chi connectivity index (χ4v) is 4.69. The highest BCUT2D eigenvalue weighted by Gasteiger charge is 2.38. The van der Waals surface area contributed by atoms with Gasteiger partial charge in [-0.25, -0.2) is 9.59 Å². The molecule has 0 aromatic heterocycles. The van der Waals surface area contributed by atoms with Crippen molar-refractivity contribution >= 4 is 35.1 Å². The largest absolute Gasteiger partial charge is 0.508 e. The number of phenols is 2. The van der Waals surface area contributed by atoms with Crippen molar-refractivity contribution in [2.24, 2.45) is 0 Å². The molecule has 6 N–H and O–H groups in total. The summed E-state index contributed by atoms with van der Waals surface area (Å²) in [7, 11) is 0. The molecule has 0 aliphatic rings. The third kappa shape index (κ3) is 7.14. The van der Waals surface area contributed by atoms with Crippen molar-refractivity contribution in [3.05, 3.63) is 144 Å². The first kappa shape index (κ1) is 29.8. The number of hydrogen-bond donors (Lipinski definition) is 6. The predicted molar refractivity (Wildman–Crippen MR) is 159 cm³/mol. The summed E-state index contributed by atoms with van der Waals surface area (Å²) >= 11 is 0. The Balaban J connectivity index is 1.85. The summed E-state index contributed by atoms with van der Waals surface area (Å²) in [6, 6.07) is 27.1. The van der Waals surface area contributed by atoms with E-state index in [1.165, 1.54) is 0 Å². The van der Waals surface area contributed by atoms with E-state index < -0.39 is 29.2 Å². The number of phenolic OH excluding ortho intramolecular Hbond substituents is 2. The number of benzene rings is 4. The zero-order valence-electron chi connectivity index (χ0n) is 22.5. The van der Waals surface area contributed by atoms with Crippen molar-refractivity contribution in [1.82, 2.24) is 0 Å². The summed E-state index contributed by atoms with van der Waals surface area (Å²) in [4.78, 5) is 45.8. The number of carbonyl (C=O) groups excluding carboxylic acids is 2. The summed E-state index contributed by atoms with van der Waals surface area (Å²) in [5, 5.41) is 42.9. The minimum Gasteiger partial charge on any atom is -0.508 e. The molecule has 0 atom stereocenters. The summed E-state index contributed by atoms with van der Waals surface area (Å²) < 4.78 is 0. The Morgan fingerprint density at radius 1 is 0.465 bits per heavy atom. The molecule has 10 nitrogen and oxygen atoms in total. The van der Waals surface area contributed by atoms with Gasteiger partial charge in [-0.2, -0.15) is 0 Å². The van der Waals surface area contributed by atoms with Crippen LogP contribution >= 0.6 is 0 Å². The molecule has 2 amide bonds. The Kier molecular flexibility index (Phi) is 9.02. The number of aliphatic carboxylic acids is 2. The molecule has 10 heteroatoms. The van der Waals surface area contributed by atoms with Crippen molar-refractivity contribution in [2.45, 2.75) is 5.41 Å². The number of anilines is 2. The SMILES string of the molecule is O=C(O)/C=C/C(=O)Nc1ccc(C(c2ccc(O)cc2)(c2ccc(O)cc2)c2ccc(NC(=O)/C=C/C(=O)O)cc2)cc1. The highest BCUT2D eigenvalue weighted by atomic mass is 16.4. The molecule has 0 heterocycles. The first-order valence-electron chi connectivity index (χ1n) is 12.8. The van der Waals surface area contributed by atoms with Crippen molar-refractivity contribution < 1.29 is 39.6 Å². The van der Waals surface area contributed by atoms with E-state index in [9.17, 15) is 29.4 Å². The number of amides is 2. The molecule has 0 aliphatic heterocycles. The maximum atomic E-state index is 12.1. The van der Waals surface area contributed by atoms with Crippen molar-refractivity contribution in [2.75, 3.05) is 10.6 Å². The molecule has 0 bridgehead atoms. The fraction of sp³-hybridized carbons (Fsp3) is 0.0303. The van der Waals surface area contributed by atoms with Gasteiger partial charge in [0.2, 0.25) is 11.8 Å². The lowest BCUT2D eigenvalue weighted by atomic mass is 9.65. The van der Waals surface area contributed by atoms with E-state index >= 15 is 0 Å². The van der Waals surface area contributed by atoms with E-state index in [1.54, 1.807) is 97.1 Å². The summed E-state index contributed by atoms with van der Waals surface area (Å²) in [5.74, 6) is -3.61. The van der Waals surface area contributed by atoms with Crippen molar-refractivity contribution in [3.8, 4) is 11.5 Å². The smallest absolute Gasteiger partial charge is 0.328 e. The van der Waals surface area contributed by atoms with Gasteiger partial charge >= 0.3 is 11.9 Å². The van der Waals surface area contributed by atoms with Gasteiger partial charge in [-0.05, 0) is 70.8 Å². The average Bonchev–Trinajstić information content (AvgIpc) is 2.98. The second-order valence-corrected chi connectivity index (χ2v) is 9.32. The van der Waals surface area contributed by atoms with Gasteiger partial charge in [-0.1, -0.05) is 48.5 Å². The van der Waals surface area contributed by atoms with Crippen LogP contribution in [0.4, 0.5) is 11.4 Å². The molecule has 0 aliphatic carbocycles.